The van der Waals surface area contributed by atoms with Gasteiger partial charge in [-0.3, -0.25) is 0 Å². The molecular weight excluding hydrogens is 717 g/mol. The lowest BCUT2D eigenvalue weighted by Crippen LogP contribution is -2.13. The summed E-state index contributed by atoms with van der Waals surface area (Å²) in [6.45, 7) is 0. The summed E-state index contributed by atoms with van der Waals surface area (Å²) in [6.07, 6.45) is 0. The van der Waals surface area contributed by atoms with Crippen molar-refractivity contribution in [2.24, 2.45) is 0 Å². The quantitative estimate of drug-likeness (QED) is 0.153. The molecule has 0 saturated heterocycles. The van der Waals surface area contributed by atoms with Gasteiger partial charge in [0.2, 0.25) is 0 Å². The van der Waals surface area contributed by atoms with E-state index in [1.807, 2.05) is 11.3 Å². The zero-order chi connectivity index (χ0) is 34.9. The van der Waals surface area contributed by atoms with Crippen molar-refractivity contribution in [1.29, 1.82) is 0 Å². The summed E-state index contributed by atoms with van der Waals surface area (Å²) in [5, 5.41) is 2.62. The van der Waals surface area contributed by atoms with Gasteiger partial charge in [0.1, 0.15) is 0 Å². The second-order valence-electron chi connectivity index (χ2n) is 12.8. The van der Waals surface area contributed by atoms with Crippen molar-refractivity contribution in [3.8, 4) is 22.3 Å². The van der Waals surface area contributed by atoms with E-state index in [9.17, 15) is 0 Å². The molecule has 9 aromatic rings. The molecule has 0 bridgehead atoms. The molecule has 0 unspecified atom stereocenters. The van der Waals surface area contributed by atoms with E-state index in [-0.39, 0.29) is 0 Å². The first-order valence-electron chi connectivity index (χ1n) is 17.4. The lowest BCUT2D eigenvalue weighted by Gasteiger charge is -2.30. The van der Waals surface area contributed by atoms with Crippen LogP contribution in [0.15, 0.2) is 205 Å². The van der Waals surface area contributed by atoms with Crippen molar-refractivity contribution in [3.63, 3.8) is 0 Å². The molecule has 0 N–H and O–H groups in total. The first kappa shape index (κ1) is 32.0. The summed E-state index contributed by atoms with van der Waals surface area (Å²) in [6, 6.07) is 71.8. The van der Waals surface area contributed by atoms with Crippen LogP contribution in [0.25, 0.3) is 42.4 Å². The summed E-state index contributed by atoms with van der Waals surface area (Å²) < 4.78 is 3.60. The van der Waals surface area contributed by atoms with Crippen molar-refractivity contribution in [2.45, 2.75) is 0 Å². The molecule has 0 saturated carbocycles. The number of halogens is 1. The maximum Gasteiger partial charge on any atom is 0.0493 e. The molecule has 0 amide bonds. The summed E-state index contributed by atoms with van der Waals surface area (Å²) in [7, 11) is 0. The van der Waals surface area contributed by atoms with Gasteiger partial charge in [0.05, 0.1) is 0 Å². The fourth-order valence-corrected chi connectivity index (χ4v) is 8.67. The molecule has 8 aromatic carbocycles. The SMILES string of the molecule is Brc1cc(N(c2ccccc2)c2ccccc2)cc(N(c2ccccc2)c2cc(-c3ccccc3)cc(-c3ccc4c(c3)sc3ccccc34)c2)c1. The smallest absolute Gasteiger partial charge is 0.0493 e. The van der Waals surface area contributed by atoms with E-state index in [0.717, 1.165) is 44.2 Å². The predicted octanol–water partition coefficient (Wildman–Crippen LogP) is 15.1. The molecule has 248 valence electrons. The zero-order valence-electron chi connectivity index (χ0n) is 28.2. The average Bonchev–Trinajstić information content (AvgIpc) is 3.57. The Morgan fingerprint density at radius 2 is 0.769 bits per heavy atom. The number of nitrogens with zero attached hydrogens (tertiary/aromatic N) is 2. The van der Waals surface area contributed by atoms with E-state index in [0.29, 0.717) is 0 Å². The van der Waals surface area contributed by atoms with Crippen LogP contribution >= 0.6 is 27.3 Å². The topological polar surface area (TPSA) is 6.48 Å². The van der Waals surface area contributed by atoms with Crippen molar-refractivity contribution in [2.75, 3.05) is 9.80 Å². The highest BCUT2D eigenvalue weighted by molar-refractivity contribution is 9.10. The maximum atomic E-state index is 3.93. The molecule has 1 aromatic heterocycles. The van der Waals surface area contributed by atoms with Crippen molar-refractivity contribution < 1.29 is 0 Å². The standard InChI is InChI=1S/C48H33BrN2S/c49-38-31-43(50(39-17-7-2-8-18-39)40-19-9-3-10-20-40)33-44(32-38)51(41-21-11-4-12-22-41)42-28-36(34-15-5-1-6-16-34)27-37(29-42)35-25-26-46-45-23-13-14-24-47(45)52-48(46)30-35/h1-33H. The van der Waals surface area contributed by atoms with Gasteiger partial charge in [0.25, 0.3) is 0 Å². The molecule has 1 heterocycles. The van der Waals surface area contributed by atoms with E-state index in [1.165, 1.54) is 36.9 Å². The second-order valence-corrected chi connectivity index (χ2v) is 14.8. The van der Waals surface area contributed by atoms with Crippen LogP contribution in [0, 0.1) is 0 Å². The molecule has 9 rings (SSSR count). The van der Waals surface area contributed by atoms with Gasteiger partial charge in [0, 0.05) is 58.8 Å². The van der Waals surface area contributed by atoms with Crippen molar-refractivity contribution >= 4 is 81.6 Å². The molecule has 0 radical (unpaired) electrons. The number of rotatable bonds is 8. The van der Waals surface area contributed by atoms with Crippen LogP contribution in [0.3, 0.4) is 0 Å². The first-order chi connectivity index (χ1) is 25.7. The highest BCUT2D eigenvalue weighted by Gasteiger charge is 2.20. The molecule has 0 fully saturated rings. The molecule has 0 atom stereocenters. The van der Waals surface area contributed by atoms with E-state index in [1.54, 1.807) is 0 Å². The number of thiophene rings is 1. The van der Waals surface area contributed by atoms with Gasteiger partial charge in [-0.05, 0) is 107 Å². The van der Waals surface area contributed by atoms with Gasteiger partial charge in [-0.15, -0.1) is 11.3 Å². The fourth-order valence-electron chi connectivity index (χ4n) is 7.05. The Balaban J connectivity index is 1.25. The summed E-state index contributed by atoms with van der Waals surface area (Å²) in [5.41, 5.74) is 11.1. The largest absolute Gasteiger partial charge is 0.310 e. The van der Waals surface area contributed by atoms with Crippen LogP contribution in [0.5, 0.6) is 0 Å². The highest BCUT2D eigenvalue weighted by Crippen LogP contribution is 2.45. The van der Waals surface area contributed by atoms with Gasteiger partial charge >= 0.3 is 0 Å². The van der Waals surface area contributed by atoms with Crippen LogP contribution in [0.4, 0.5) is 34.1 Å². The molecule has 0 aliphatic carbocycles. The van der Waals surface area contributed by atoms with Crippen LogP contribution < -0.4 is 9.80 Å². The highest BCUT2D eigenvalue weighted by atomic mass is 79.9. The number of fused-ring (bicyclic) bond motifs is 3. The first-order valence-corrected chi connectivity index (χ1v) is 19.0. The van der Waals surface area contributed by atoms with Gasteiger partial charge in [-0.1, -0.05) is 131 Å². The molecule has 4 heteroatoms. The molecule has 52 heavy (non-hydrogen) atoms. The fraction of sp³-hybridized carbons (Fsp3) is 0. The summed E-state index contributed by atoms with van der Waals surface area (Å²) >= 11 is 5.78. The minimum atomic E-state index is 0.993. The van der Waals surface area contributed by atoms with E-state index >= 15 is 0 Å². The van der Waals surface area contributed by atoms with Crippen LogP contribution in [-0.4, -0.2) is 0 Å². The lowest BCUT2D eigenvalue weighted by atomic mass is 9.96. The third-order valence-electron chi connectivity index (χ3n) is 9.42. The van der Waals surface area contributed by atoms with Gasteiger partial charge in [-0.25, -0.2) is 0 Å². The minimum absolute atomic E-state index is 0.993. The average molecular weight is 750 g/mol. The number of anilines is 6. The lowest BCUT2D eigenvalue weighted by molar-refractivity contribution is 1.24. The monoisotopic (exact) mass is 748 g/mol. The molecule has 2 nitrogen and oxygen atoms in total. The van der Waals surface area contributed by atoms with E-state index in [4.69, 9.17) is 0 Å². The maximum absolute atomic E-state index is 3.93. The Kier molecular flexibility index (Phi) is 8.61. The predicted molar refractivity (Wildman–Crippen MR) is 227 cm³/mol. The molecule has 0 aliphatic heterocycles. The van der Waals surface area contributed by atoms with E-state index < -0.39 is 0 Å². The third-order valence-corrected chi connectivity index (χ3v) is 11.0. The third kappa shape index (κ3) is 6.28. The Hall–Kier alpha value is -5.94. The van der Waals surface area contributed by atoms with E-state index in [2.05, 4.69) is 226 Å². The Bertz CT molecular complexity index is 2600. The molecular formula is C48H33BrN2S. The Morgan fingerprint density at radius 1 is 0.308 bits per heavy atom. The Labute approximate surface area is 316 Å². The number of para-hydroxylation sites is 3. The van der Waals surface area contributed by atoms with Crippen LogP contribution in [0.2, 0.25) is 0 Å². The van der Waals surface area contributed by atoms with Crippen LogP contribution in [-0.2, 0) is 0 Å². The Morgan fingerprint density at radius 3 is 1.37 bits per heavy atom. The molecule has 0 aliphatic rings. The van der Waals surface area contributed by atoms with Crippen LogP contribution in [0.1, 0.15) is 0 Å². The summed E-state index contributed by atoms with van der Waals surface area (Å²) in [4.78, 5) is 4.68. The summed E-state index contributed by atoms with van der Waals surface area (Å²) in [5.74, 6) is 0. The number of hydrogen-bond acceptors (Lipinski definition) is 3. The zero-order valence-corrected chi connectivity index (χ0v) is 30.6. The van der Waals surface area contributed by atoms with Gasteiger partial charge in [0.15, 0.2) is 0 Å². The normalized spacial score (nSPS) is 11.2. The second kappa shape index (κ2) is 14.0. The molecule has 0 spiro atoms. The van der Waals surface area contributed by atoms with Crippen molar-refractivity contribution in [3.05, 3.63) is 205 Å². The number of hydrogen-bond donors (Lipinski definition) is 0. The van der Waals surface area contributed by atoms with Crippen molar-refractivity contribution in [1.82, 2.24) is 0 Å². The minimum Gasteiger partial charge on any atom is -0.310 e. The number of benzene rings is 8. The van der Waals surface area contributed by atoms with Gasteiger partial charge < -0.3 is 9.80 Å². The van der Waals surface area contributed by atoms with Gasteiger partial charge in [-0.2, -0.15) is 0 Å².